The zero-order valence-corrected chi connectivity index (χ0v) is 12.8. The number of rotatable bonds is 8. The van der Waals surface area contributed by atoms with E-state index in [-0.39, 0.29) is 0 Å². The van der Waals surface area contributed by atoms with Crippen LogP contribution in [0.4, 0.5) is 0 Å². The van der Waals surface area contributed by atoms with Crippen LogP contribution in [-0.4, -0.2) is 40.5 Å². The first-order valence-electron chi connectivity index (χ1n) is 7.41. The zero-order chi connectivity index (χ0) is 14.9. The summed E-state index contributed by atoms with van der Waals surface area (Å²) >= 11 is 0. The van der Waals surface area contributed by atoms with Crippen LogP contribution < -0.4 is 9.64 Å². The Hall–Kier alpha value is -1.84. The number of para-hydroxylation sites is 1. The summed E-state index contributed by atoms with van der Waals surface area (Å²) in [5, 5.41) is 0. The summed E-state index contributed by atoms with van der Waals surface area (Å²) < 4.78 is 11.4. The second-order valence-corrected chi connectivity index (χ2v) is 5.28. The molecule has 112 valence electrons. The summed E-state index contributed by atoms with van der Waals surface area (Å²) in [5.41, 5.74) is 2.29. The molecular weight excluding hydrogens is 262 g/mol. The molecule has 0 saturated heterocycles. The number of likely N-dealkylation sites (N-methyl/N-ethyl adjacent to an activating group) is 1. The molecule has 0 saturated carbocycles. The highest BCUT2D eigenvalue weighted by Gasteiger charge is 2.05. The predicted molar refractivity (Wildman–Crippen MR) is 85.9 cm³/mol. The van der Waals surface area contributed by atoms with Crippen molar-refractivity contribution < 1.29 is 14.4 Å². The normalized spacial score (nSPS) is 10.8. The summed E-state index contributed by atoms with van der Waals surface area (Å²) in [7, 11) is 4.24. The average molecular weight is 286 g/mol. The van der Waals surface area contributed by atoms with Crippen molar-refractivity contribution in [1.29, 1.82) is 0 Å². The summed E-state index contributed by atoms with van der Waals surface area (Å²) in [5.74, 6) is 0.908. The molecule has 0 heterocycles. The second-order valence-electron chi connectivity index (χ2n) is 5.28. The largest absolute Gasteiger partial charge is 0.491 e. The Kier molecular flexibility index (Phi) is 6.25. The fourth-order valence-electron chi connectivity index (χ4n) is 2.04. The van der Waals surface area contributed by atoms with Gasteiger partial charge < -0.3 is 14.4 Å². The minimum absolute atomic E-state index is 0.576. The molecule has 0 aliphatic rings. The molecule has 0 fully saturated rings. The maximum Gasteiger partial charge on any atom is 0.127 e. The molecule has 2 aromatic rings. The summed E-state index contributed by atoms with van der Waals surface area (Å²) in [6.45, 7) is 2.98. The van der Waals surface area contributed by atoms with E-state index in [4.69, 9.17) is 9.47 Å². The van der Waals surface area contributed by atoms with Crippen LogP contribution in [0, 0.1) is 0 Å². The van der Waals surface area contributed by atoms with E-state index in [1.807, 2.05) is 36.4 Å². The standard InChI is InChI=1S/C18H23NO2/c1-19(2)12-13-20-14-15-21-18-11-7-6-10-17(18)16-8-4-3-5-9-16/h3-11H,12-15H2,1-2H3/p+1. The van der Waals surface area contributed by atoms with Gasteiger partial charge in [-0.25, -0.2) is 0 Å². The maximum atomic E-state index is 5.87. The van der Waals surface area contributed by atoms with Crippen molar-refractivity contribution in [2.75, 3.05) is 40.5 Å². The van der Waals surface area contributed by atoms with Gasteiger partial charge in [0.15, 0.2) is 0 Å². The lowest BCUT2D eigenvalue weighted by Crippen LogP contribution is -3.06. The van der Waals surface area contributed by atoms with E-state index in [2.05, 4.69) is 32.3 Å². The molecule has 0 aliphatic carbocycles. The number of nitrogens with one attached hydrogen (secondary N) is 1. The van der Waals surface area contributed by atoms with Crippen molar-refractivity contribution >= 4 is 0 Å². The Bertz CT molecular complexity index is 526. The van der Waals surface area contributed by atoms with Crippen molar-refractivity contribution in [2.24, 2.45) is 0 Å². The topological polar surface area (TPSA) is 22.9 Å². The predicted octanol–water partition coefficient (Wildman–Crippen LogP) is 1.89. The van der Waals surface area contributed by atoms with Crippen molar-refractivity contribution in [3.8, 4) is 16.9 Å². The van der Waals surface area contributed by atoms with Gasteiger partial charge in [-0.3, -0.25) is 0 Å². The lowest BCUT2D eigenvalue weighted by molar-refractivity contribution is -0.858. The number of quaternary nitrogens is 1. The molecule has 2 aromatic carbocycles. The van der Waals surface area contributed by atoms with Crippen LogP contribution in [0.2, 0.25) is 0 Å². The molecule has 0 spiro atoms. The third kappa shape index (κ3) is 5.21. The molecule has 0 atom stereocenters. The molecule has 0 bridgehead atoms. The average Bonchev–Trinajstić information content (AvgIpc) is 2.52. The van der Waals surface area contributed by atoms with Gasteiger partial charge in [0, 0.05) is 5.56 Å². The summed E-state index contributed by atoms with van der Waals surface area (Å²) in [6, 6.07) is 18.4. The van der Waals surface area contributed by atoms with Crippen molar-refractivity contribution in [2.45, 2.75) is 0 Å². The van der Waals surface area contributed by atoms with Crippen molar-refractivity contribution in [3.63, 3.8) is 0 Å². The molecule has 0 radical (unpaired) electrons. The van der Waals surface area contributed by atoms with Gasteiger partial charge in [0.25, 0.3) is 0 Å². The fourth-order valence-corrected chi connectivity index (χ4v) is 2.04. The minimum atomic E-state index is 0.576. The molecule has 0 aliphatic heterocycles. The Morgan fingerprint density at radius 3 is 2.29 bits per heavy atom. The van der Waals surface area contributed by atoms with Crippen LogP contribution in [0.3, 0.4) is 0 Å². The molecule has 0 amide bonds. The van der Waals surface area contributed by atoms with E-state index in [0.717, 1.165) is 24.5 Å². The van der Waals surface area contributed by atoms with E-state index < -0.39 is 0 Å². The third-order valence-corrected chi connectivity index (χ3v) is 3.20. The van der Waals surface area contributed by atoms with Crippen LogP contribution in [0.15, 0.2) is 54.6 Å². The van der Waals surface area contributed by atoms with E-state index in [9.17, 15) is 0 Å². The van der Waals surface area contributed by atoms with Gasteiger partial charge in [-0.2, -0.15) is 0 Å². The molecule has 1 N–H and O–H groups in total. The Morgan fingerprint density at radius 1 is 0.810 bits per heavy atom. The smallest absolute Gasteiger partial charge is 0.127 e. The van der Waals surface area contributed by atoms with E-state index >= 15 is 0 Å². The van der Waals surface area contributed by atoms with Crippen LogP contribution in [0.25, 0.3) is 11.1 Å². The van der Waals surface area contributed by atoms with E-state index in [0.29, 0.717) is 13.2 Å². The number of hydrogen-bond donors (Lipinski definition) is 1. The Balaban J connectivity index is 1.87. The molecule has 0 unspecified atom stereocenters. The van der Waals surface area contributed by atoms with E-state index in [1.54, 1.807) is 0 Å². The first kappa shape index (κ1) is 15.5. The van der Waals surface area contributed by atoms with Gasteiger partial charge in [-0.15, -0.1) is 0 Å². The Morgan fingerprint density at radius 2 is 1.52 bits per heavy atom. The summed E-state index contributed by atoms with van der Waals surface area (Å²) in [4.78, 5) is 1.39. The van der Waals surface area contributed by atoms with Gasteiger partial charge in [0.2, 0.25) is 0 Å². The molecule has 3 nitrogen and oxygen atoms in total. The molecule has 21 heavy (non-hydrogen) atoms. The van der Waals surface area contributed by atoms with Gasteiger partial charge in [-0.1, -0.05) is 48.5 Å². The molecule has 3 heteroatoms. The number of benzene rings is 2. The van der Waals surface area contributed by atoms with Crippen LogP contribution in [0.5, 0.6) is 5.75 Å². The second kappa shape index (κ2) is 8.45. The van der Waals surface area contributed by atoms with Gasteiger partial charge in [0.1, 0.15) is 18.9 Å². The fraction of sp³-hybridized carbons (Fsp3) is 0.333. The van der Waals surface area contributed by atoms with Gasteiger partial charge in [0.05, 0.1) is 27.3 Å². The highest BCUT2D eigenvalue weighted by Crippen LogP contribution is 2.29. The SMILES string of the molecule is C[NH+](C)CCOCCOc1ccccc1-c1ccccc1. The molecular formula is C18H24NO2+. The first-order chi connectivity index (χ1) is 10.3. The van der Waals surface area contributed by atoms with Crippen molar-refractivity contribution in [3.05, 3.63) is 54.6 Å². The monoisotopic (exact) mass is 286 g/mol. The maximum absolute atomic E-state index is 5.87. The van der Waals surface area contributed by atoms with Gasteiger partial charge in [-0.05, 0) is 11.6 Å². The van der Waals surface area contributed by atoms with Gasteiger partial charge >= 0.3 is 0 Å². The lowest BCUT2D eigenvalue weighted by Gasteiger charge is -2.12. The lowest BCUT2D eigenvalue weighted by atomic mass is 10.1. The highest BCUT2D eigenvalue weighted by molar-refractivity contribution is 5.70. The number of ether oxygens (including phenoxy) is 2. The Labute approximate surface area is 127 Å². The molecule has 0 aromatic heterocycles. The van der Waals surface area contributed by atoms with Crippen LogP contribution in [-0.2, 0) is 4.74 Å². The number of hydrogen-bond acceptors (Lipinski definition) is 2. The highest BCUT2D eigenvalue weighted by atomic mass is 16.5. The van der Waals surface area contributed by atoms with E-state index in [1.165, 1.54) is 10.5 Å². The molecule has 2 rings (SSSR count). The zero-order valence-electron chi connectivity index (χ0n) is 12.8. The van der Waals surface area contributed by atoms with Crippen LogP contribution >= 0.6 is 0 Å². The van der Waals surface area contributed by atoms with Crippen molar-refractivity contribution in [1.82, 2.24) is 0 Å². The summed E-state index contributed by atoms with van der Waals surface area (Å²) in [6.07, 6.45) is 0. The van der Waals surface area contributed by atoms with Crippen LogP contribution in [0.1, 0.15) is 0 Å². The third-order valence-electron chi connectivity index (χ3n) is 3.20. The first-order valence-corrected chi connectivity index (χ1v) is 7.41. The quantitative estimate of drug-likeness (QED) is 0.749. The minimum Gasteiger partial charge on any atom is -0.491 e.